The van der Waals surface area contributed by atoms with Gasteiger partial charge in [-0.25, -0.2) is 4.57 Å². The molecule has 1 atom stereocenters. The Morgan fingerprint density at radius 1 is 0.833 bits per heavy atom. The van der Waals surface area contributed by atoms with E-state index in [4.69, 9.17) is 27.8 Å². The molecule has 1 saturated heterocycles. The summed E-state index contributed by atoms with van der Waals surface area (Å²) in [6.07, 6.45) is -0.532. The van der Waals surface area contributed by atoms with E-state index in [9.17, 15) is 4.57 Å². The van der Waals surface area contributed by atoms with Crippen molar-refractivity contribution in [1.29, 1.82) is 0 Å². The molecule has 3 aromatic rings. The predicted octanol–water partition coefficient (Wildman–Crippen LogP) is 6.64. The fourth-order valence-corrected chi connectivity index (χ4v) is 4.77. The summed E-state index contributed by atoms with van der Waals surface area (Å²) in [6, 6.07) is 27.4. The third kappa shape index (κ3) is 8.47. The molecule has 1 fully saturated rings. The third-order valence-electron chi connectivity index (χ3n) is 5.44. The first-order chi connectivity index (χ1) is 17.4. The molecule has 4 rings (SSSR count). The summed E-state index contributed by atoms with van der Waals surface area (Å²) < 4.78 is 49.0. The number of phosphoric acid groups is 1. The second kappa shape index (κ2) is 12.5. The second-order valence-corrected chi connectivity index (χ2v) is 10.9. The number of para-hydroxylation sites is 2. The minimum atomic E-state index is -4.05. The molecule has 1 heterocycles. The minimum Gasteiger partial charge on any atom is -0.395 e. The van der Waals surface area contributed by atoms with Gasteiger partial charge in [-0.1, -0.05) is 80.6 Å². The van der Waals surface area contributed by atoms with Crippen LogP contribution in [0.5, 0.6) is 11.5 Å². The third-order valence-corrected chi connectivity index (χ3v) is 6.78. The van der Waals surface area contributed by atoms with E-state index in [1.165, 1.54) is 0 Å². The maximum atomic E-state index is 13.7. The van der Waals surface area contributed by atoms with Gasteiger partial charge in [0.15, 0.2) is 6.29 Å². The summed E-state index contributed by atoms with van der Waals surface area (Å²) in [5.74, 6) is 0.749. The largest absolute Gasteiger partial charge is 0.587 e. The molecule has 0 unspecified atom stereocenters. The molecule has 0 bridgehead atoms. The van der Waals surface area contributed by atoms with Crippen LogP contribution in [0.3, 0.4) is 0 Å². The van der Waals surface area contributed by atoms with Crippen LogP contribution in [0.1, 0.15) is 25.8 Å². The normalized spacial score (nSPS) is 16.8. The van der Waals surface area contributed by atoms with Gasteiger partial charge in [0, 0.05) is 11.8 Å². The van der Waals surface area contributed by atoms with Crippen molar-refractivity contribution < 1.29 is 32.3 Å². The molecule has 0 amide bonds. The quantitative estimate of drug-likeness (QED) is 0.252. The van der Waals surface area contributed by atoms with Crippen molar-refractivity contribution >= 4 is 7.82 Å². The molecular formula is C28H33O7P. The smallest absolute Gasteiger partial charge is 0.395 e. The Balaban J connectivity index is 1.46. The van der Waals surface area contributed by atoms with Gasteiger partial charge in [-0.15, -0.1) is 0 Å². The predicted molar refractivity (Wildman–Crippen MR) is 137 cm³/mol. The highest BCUT2D eigenvalue weighted by atomic mass is 31.2. The highest BCUT2D eigenvalue weighted by molar-refractivity contribution is 7.49. The van der Waals surface area contributed by atoms with Gasteiger partial charge in [0.05, 0.1) is 32.5 Å². The van der Waals surface area contributed by atoms with Gasteiger partial charge in [-0.2, -0.15) is 0 Å². The highest BCUT2D eigenvalue weighted by Gasteiger charge is 2.35. The Morgan fingerprint density at radius 3 is 1.86 bits per heavy atom. The lowest BCUT2D eigenvalue weighted by Gasteiger charge is -2.35. The van der Waals surface area contributed by atoms with Crippen molar-refractivity contribution in [1.82, 2.24) is 0 Å². The van der Waals surface area contributed by atoms with Gasteiger partial charge in [0.25, 0.3) is 0 Å². The number of phosphoric ester groups is 1. The van der Waals surface area contributed by atoms with Crippen LogP contribution in [0.2, 0.25) is 0 Å². The first kappa shape index (κ1) is 26.4. The van der Waals surface area contributed by atoms with E-state index in [2.05, 4.69) is 13.8 Å². The zero-order chi connectivity index (χ0) is 25.3. The van der Waals surface area contributed by atoms with E-state index in [1.54, 1.807) is 48.5 Å². The average Bonchev–Trinajstić information content (AvgIpc) is 2.88. The van der Waals surface area contributed by atoms with Crippen LogP contribution in [0.15, 0.2) is 91.0 Å². The topological polar surface area (TPSA) is 72.5 Å². The van der Waals surface area contributed by atoms with Crippen LogP contribution in [0.4, 0.5) is 0 Å². The molecule has 0 saturated carbocycles. The van der Waals surface area contributed by atoms with Crippen LogP contribution >= 0.6 is 7.82 Å². The number of rotatable bonds is 12. The van der Waals surface area contributed by atoms with Crippen molar-refractivity contribution in [3.05, 3.63) is 96.6 Å². The van der Waals surface area contributed by atoms with E-state index in [1.807, 2.05) is 42.5 Å². The Kier molecular flexibility index (Phi) is 9.19. The number of benzene rings is 3. The first-order valence-corrected chi connectivity index (χ1v) is 13.5. The Morgan fingerprint density at radius 2 is 1.33 bits per heavy atom. The summed E-state index contributed by atoms with van der Waals surface area (Å²) in [6.45, 7) is 5.65. The Labute approximate surface area is 212 Å². The summed E-state index contributed by atoms with van der Waals surface area (Å²) in [7, 11) is -4.05. The van der Waals surface area contributed by atoms with Gasteiger partial charge < -0.3 is 23.3 Å². The molecule has 0 radical (unpaired) electrons. The van der Waals surface area contributed by atoms with Crippen LogP contribution < -0.4 is 9.05 Å². The lowest BCUT2D eigenvalue weighted by Crippen LogP contribution is -2.40. The Hall–Kier alpha value is -2.67. The van der Waals surface area contributed by atoms with Gasteiger partial charge in [-0.3, -0.25) is 4.52 Å². The zero-order valence-corrected chi connectivity index (χ0v) is 21.5. The SMILES string of the molecule is CC1(C)COC(C[C@@H](COP(=O)(Oc2ccccc2)Oc2ccccc2)OCc2ccccc2)OC1. The first-order valence-electron chi connectivity index (χ1n) is 12.0. The monoisotopic (exact) mass is 512 g/mol. The molecule has 8 heteroatoms. The van der Waals surface area contributed by atoms with Crippen molar-refractivity contribution in [2.45, 2.75) is 39.3 Å². The van der Waals surface area contributed by atoms with Crippen molar-refractivity contribution in [3.63, 3.8) is 0 Å². The fourth-order valence-electron chi connectivity index (χ4n) is 3.52. The second-order valence-electron chi connectivity index (χ2n) is 9.42. The van der Waals surface area contributed by atoms with Gasteiger partial charge in [0.1, 0.15) is 11.5 Å². The number of ether oxygens (including phenoxy) is 3. The molecule has 36 heavy (non-hydrogen) atoms. The summed E-state index contributed by atoms with van der Waals surface area (Å²) in [5, 5.41) is 0. The number of hydrogen-bond donors (Lipinski definition) is 0. The molecule has 7 nitrogen and oxygen atoms in total. The highest BCUT2D eigenvalue weighted by Crippen LogP contribution is 2.49. The van der Waals surface area contributed by atoms with E-state index < -0.39 is 20.2 Å². The van der Waals surface area contributed by atoms with Crippen LogP contribution in [0.25, 0.3) is 0 Å². The molecular weight excluding hydrogens is 479 g/mol. The molecule has 192 valence electrons. The van der Waals surface area contributed by atoms with Crippen LogP contribution in [-0.2, 0) is 29.9 Å². The lowest BCUT2D eigenvalue weighted by molar-refractivity contribution is -0.234. The molecule has 0 aliphatic carbocycles. The van der Waals surface area contributed by atoms with Crippen LogP contribution in [-0.4, -0.2) is 32.2 Å². The standard InChI is InChI=1S/C28H33O7P/c1-28(2)21-31-27(32-22-28)18-26(30-19-23-12-6-3-7-13-23)20-33-36(29,34-24-14-8-4-9-15-24)35-25-16-10-5-11-17-25/h3-17,26-27H,18-22H2,1-2H3/t26-/m0/s1. The summed E-state index contributed by atoms with van der Waals surface area (Å²) in [5.41, 5.74) is 0.967. The zero-order valence-electron chi connectivity index (χ0n) is 20.7. The van der Waals surface area contributed by atoms with Gasteiger partial charge in [-0.05, 0) is 29.8 Å². The van der Waals surface area contributed by atoms with Crippen molar-refractivity contribution in [2.24, 2.45) is 5.41 Å². The summed E-state index contributed by atoms with van der Waals surface area (Å²) in [4.78, 5) is 0. The van der Waals surface area contributed by atoms with Gasteiger partial charge in [0.2, 0.25) is 0 Å². The maximum absolute atomic E-state index is 13.7. The van der Waals surface area contributed by atoms with Crippen LogP contribution in [0, 0.1) is 5.41 Å². The van der Waals surface area contributed by atoms with E-state index in [-0.39, 0.29) is 12.0 Å². The molecule has 0 aromatic heterocycles. The summed E-state index contributed by atoms with van der Waals surface area (Å²) >= 11 is 0. The molecule has 1 aliphatic rings. The molecule has 3 aromatic carbocycles. The van der Waals surface area contributed by atoms with E-state index in [0.29, 0.717) is 37.7 Å². The fraction of sp³-hybridized carbons (Fsp3) is 0.357. The van der Waals surface area contributed by atoms with E-state index >= 15 is 0 Å². The maximum Gasteiger partial charge on any atom is 0.587 e. The Bertz CT molecular complexity index is 1040. The average molecular weight is 513 g/mol. The van der Waals surface area contributed by atoms with Crippen molar-refractivity contribution in [3.8, 4) is 11.5 Å². The van der Waals surface area contributed by atoms with Crippen molar-refractivity contribution in [2.75, 3.05) is 19.8 Å². The van der Waals surface area contributed by atoms with E-state index in [0.717, 1.165) is 5.56 Å². The van der Waals surface area contributed by atoms with Gasteiger partial charge >= 0.3 is 7.82 Å². The molecule has 0 spiro atoms. The molecule has 0 N–H and O–H groups in total. The number of hydrogen-bond acceptors (Lipinski definition) is 7. The minimum absolute atomic E-state index is 0.0452. The lowest BCUT2D eigenvalue weighted by atomic mass is 9.95. The molecule has 1 aliphatic heterocycles.